The average molecular weight is 792 g/mol. The van der Waals surface area contributed by atoms with Crippen LogP contribution in [0.5, 0.6) is 0 Å². The maximum absolute atomic E-state index is 4.83. The van der Waals surface area contributed by atoms with Gasteiger partial charge in [0.25, 0.3) is 0 Å². The first kappa shape index (κ1) is 37.1. The molecule has 0 aliphatic heterocycles. The molecule has 0 amide bonds. The van der Waals surface area contributed by atoms with Crippen molar-refractivity contribution in [2.75, 3.05) is 12.3 Å². The van der Waals surface area contributed by atoms with Crippen LogP contribution in [0, 0.1) is 14.9 Å². The van der Waals surface area contributed by atoms with Crippen molar-refractivity contribution in [1.82, 2.24) is 0 Å². The maximum atomic E-state index is 4.83. The first-order chi connectivity index (χ1) is 17.2. The zero-order valence-corrected chi connectivity index (χ0v) is 29.1. The minimum Gasteiger partial charge on any atom is -0.0620 e. The summed E-state index contributed by atoms with van der Waals surface area (Å²) in [5.41, 5.74) is 0. The second-order valence-corrected chi connectivity index (χ2v) is 17.6. The van der Waals surface area contributed by atoms with E-state index < -0.39 is 15.8 Å². The summed E-state index contributed by atoms with van der Waals surface area (Å²) in [6, 6.07) is 44.6. The number of benzene rings is 4. The van der Waals surface area contributed by atoms with E-state index in [9.17, 15) is 0 Å². The standard InChI is InChI=1S/C27H26P2.2CH3.4ClH.2Rh/c1-5-14-24(15-6-1)28(25-16-7-2-8-17-25)22-13-23-29(26-18-9-3-10-19-26)27-20-11-4-12-21-27;;;;;;;;/h1-12,14-21H,13,22-23H2;2*1H3;4*1H;;/q;2*-1;;;;;2*+3/p-2. The van der Waals surface area contributed by atoms with Gasteiger partial charge in [0, 0.05) is 6.42 Å². The minimum absolute atomic E-state index is 0. The first-order valence-electron chi connectivity index (χ1n) is 10.9. The molecule has 0 unspecified atom stereocenters. The molecule has 0 saturated heterocycles. The van der Waals surface area contributed by atoms with Crippen LogP contribution < -0.4 is 21.2 Å². The van der Waals surface area contributed by atoms with Gasteiger partial charge < -0.3 is 14.9 Å². The minimum atomic E-state index is -0.742. The molecule has 0 heterocycles. The van der Waals surface area contributed by atoms with Gasteiger partial charge in [-0.05, 0) is 48.5 Å². The predicted octanol–water partition coefficient (Wildman–Crippen LogP) is 8.76. The van der Waals surface area contributed by atoms with Crippen molar-refractivity contribution in [3.63, 3.8) is 0 Å². The van der Waals surface area contributed by atoms with Gasteiger partial charge in [-0.1, -0.05) is 72.8 Å². The molecule has 4 rings (SSSR count). The number of halogens is 4. The van der Waals surface area contributed by atoms with Crippen molar-refractivity contribution in [2.24, 2.45) is 0 Å². The molecule has 4 aromatic carbocycles. The van der Waals surface area contributed by atoms with E-state index in [1.807, 2.05) is 0 Å². The topological polar surface area (TPSA) is 0 Å². The van der Waals surface area contributed by atoms with E-state index in [-0.39, 0.29) is 45.1 Å². The molecule has 0 nitrogen and oxygen atoms in total. The molecule has 0 atom stereocenters. The molecule has 0 aliphatic rings. The summed E-state index contributed by atoms with van der Waals surface area (Å²) in [4.78, 5) is 0. The third kappa shape index (κ3) is 14.4. The molecule has 37 heavy (non-hydrogen) atoms. The zero-order chi connectivity index (χ0) is 25.1. The van der Waals surface area contributed by atoms with Crippen molar-refractivity contribution in [3.05, 3.63) is 136 Å². The van der Waals surface area contributed by atoms with Crippen LogP contribution >= 0.6 is 54.6 Å². The van der Waals surface area contributed by atoms with Gasteiger partial charge in [0.1, 0.15) is 0 Å². The SMILES string of the molecule is [CH3-].[CH3-].[Cl][Rh+][Cl].[Cl][Rh+][Cl].c1ccc([PH+](CCC[PH+](c2ccccc2)c2ccccc2)c2ccccc2)cc1. The molecule has 0 saturated carbocycles. The van der Waals surface area contributed by atoms with Crippen molar-refractivity contribution in [1.29, 1.82) is 0 Å². The Labute approximate surface area is 258 Å². The van der Waals surface area contributed by atoms with Gasteiger partial charge in [-0.2, -0.15) is 0 Å². The Bertz CT molecular complexity index is 867. The van der Waals surface area contributed by atoms with Crippen LogP contribution in [0.15, 0.2) is 121 Å². The Hall–Kier alpha value is 0.147. The molecular weight excluding hydrogens is 758 g/mol. The monoisotopic (exact) mass is 790 g/mol. The largest absolute Gasteiger partial charge is 0.0966 e. The van der Waals surface area contributed by atoms with Gasteiger partial charge >= 0.3 is 69.1 Å². The molecule has 0 radical (unpaired) electrons. The summed E-state index contributed by atoms with van der Waals surface area (Å²) in [7, 11) is 17.9. The number of hydrogen-bond donors (Lipinski definition) is 0. The zero-order valence-electron chi connectivity index (χ0n) is 20.8. The van der Waals surface area contributed by atoms with Crippen molar-refractivity contribution >= 4 is 75.8 Å². The van der Waals surface area contributed by atoms with E-state index in [2.05, 4.69) is 121 Å². The summed E-state index contributed by atoms with van der Waals surface area (Å²) in [6.07, 6.45) is 3.84. The smallest absolute Gasteiger partial charge is 0.0620 e. The maximum Gasteiger partial charge on any atom is 0.0966 e. The Balaban J connectivity index is 0.00000148. The number of hydrogen-bond acceptors (Lipinski definition) is 0. The summed E-state index contributed by atoms with van der Waals surface area (Å²) < 4.78 is 0. The van der Waals surface area contributed by atoms with E-state index in [1.165, 1.54) is 40.0 Å². The third-order valence-electron chi connectivity index (χ3n) is 5.34. The fourth-order valence-electron chi connectivity index (χ4n) is 3.91. The molecule has 4 aromatic rings. The van der Waals surface area contributed by atoms with Gasteiger partial charge in [-0.3, -0.25) is 0 Å². The molecule has 0 bridgehead atoms. The van der Waals surface area contributed by atoms with Crippen LogP contribution in [-0.2, 0) is 30.3 Å². The fraction of sp³-hybridized carbons (Fsp3) is 0.103. The van der Waals surface area contributed by atoms with Gasteiger partial charge in [0.05, 0.1) is 49.4 Å². The summed E-state index contributed by atoms with van der Waals surface area (Å²) >= 11 is -0.451. The fourth-order valence-corrected chi connectivity index (χ4v) is 9.52. The van der Waals surface area contributed by atoms with Crippen LogP contribution in [0.1, 0.15) is 6.42 Å². The van der Waals surface area contributed by atoms with Crippen LogP contribution in [-0.4, -0.2) is 12.3 Å². The van der Waals surface area contributed by atoms with Crippen LogP contribution in [0.3, 0.4) is 0 Å². The van der Waals surface area contributed by atoms with Crippen LogP contribution in [0.2, 0.25) is 0 Å². The summed E-state index contributed by atoms with van der Waals surface area (Å²) in [6.45, 7) is 0. The molecule has 0 aromatic heterocycles. The Morgan fingerprint density at radius 1 is 0.405 bits per heavy atom. The molecule has 204 valence electrons. The van der Waals surface area contributed by atoms with Crippen molar-refractivity contribution < 1.29 is 30.3 Å². The molecule has 0 spiro atoms. The molecule has 0 aliphatic carbocycles. The van der Waals surface area contributed by atoms with Gasteiger partial charge in [-0.15, -0.1) is 0 Å². The van der Waals surface area contributed by atoms with E-state index in [1.54, 1.807) is 0 Å². The normalized spacial score (nSPS) is 9.89. The summed E-state index contributed by atoms with van der Waals surface area (Å²) in [5.74, 6) is 0. The first-order valence-corrected chi connectivity index (χ1v) is 22.7. The van der Waals surface area contributed by atoms with Crippen LogP contribution in [0.4, 0.5) is 0 Å². The van der Waals surface area contributed by atoms with Gasteiger partial charge in [0.2, 0.25) is 0 Å². The van der Waals surface area contributed by atoms with E-state index in [4.69, 9.17) is 38.8 Å². The Morgan fingerprint density at radius 2 is 0.595 bits per heavy atom. The molecule has 0 N–H and O–H groups in total. The van der Waals surface area contributed by atoms with Crippen LogP contribution in [0.25, 0.3) is 0 Å². The van der Waals surface area contributed by atoms with Crippen molar-refractivity contribution in [3.8, 4) is 0 Å². The van der Waals surface area contributed by atoms with E-state index in [0.29, 0.717) is 0 Å². The predicted molar refractivity (Wildman–Crippen MR) is 172 cm³/mol. The summed E-state index contributed by atoms with van der Waals surface area (Å²) in [5, 5.41) is 6.10. The number of rotatable bonds is 8. The second-order valence-electron chi connectivity index (χ2n) is 7.37. The van der Waals surface area contributed by atoms with E-state index in [0.717, 1.165) is 0 Å². The molecule has 0 fully saturated rings. The Kier molecular flexibility index (Phi) is 24.1. The van der Waals surface area contributed by atoms with Gasteiger partial charge in [-0.25, -0.2) is 0 Å². The third-order valence-corrected chi connectivity index (χ3v) is 11.2. The van der Waals surface area contributed by atoms with E-state index >= 15 is 0 Å². The van der Waals surface area contributed by atoms with Crippen molar-refractivity contribution in [2.45, 2.75) is 6.42 Å². The molecule has 8 heteroatoms. The average Bonchev–Trinajstić information content (AvgIpc) is 2.92. The second kappa shape index (κ2) is 24.0. The van der Waals surface area contributed by atoms with Gasteiger partial charge in [0.15, 0.2) is 0 Å². The Morgan fingerprint density at radius 3 is 0.784 bits per heavy atom. The molecular formula is C29H34Cl4P2Rh2+2. The quantitative estimate of drug-likeness (QED) is 0.0952.